The van der Waals surface area contributed by atoms with Crippen molar-refractivity contribution in [3.05, 3.63) is 24.3 Å². The third kappa shape index (κ3) is 5.16. The fraction of sp³-hybridized carbons (Fsp3) is 0.286. The minimum atomic E-state index is -4.45. The fourth-order valence-electron chi connectivity index (χ4n) is 2.50. The third-order valence-corrected chi connectivity index (χ3v) is 5.18. The minimum absolute atomic E-state index is 0.476. The highest BCUT2D eigenvalue weighted by molar-refractivity contribution is 7.91. The van der Waals surface area contributed by atoms with Crippen LogP contribution in [-0.4, -0.2) is 72.0 Å². The molecule has 160 valence electrons. The molecule has 0 aliphatic carbocycles. The maximum absolute atomic E-state index is 12.6. The highest BCUT2D eigenvalue weighted by Gasteiger charge is 2.33. The normalized spacial score (nSPS) is 13.5. The number of carboxylic acid groups (broad SMARTS) is 2. The van der Waals surface area contributed by atoms with Gasteiger partial charge in [0.25, 0.3) is 0 Å². The van der Waals surface area contributed by atoms with Gasteiger partial charge in [0.05, 0.1) is 0 Å². The second-order valence-corrected chi connectivity index (χ2v) is 7.75. The van der Waals surface area contributed by atoms with E-state index in [4.69, 9.17) is 10.2 Å². The van der Waals surface area contributed by atoms with E-state index in [1.807, 2.05) is 0 Å². The Labute approximate surface area is 161 Å². The van der Waals surface area contributed by atoms with Crippen molar-refractivity contribution in [2.75, 3.05) is 11.5 Å². The number of rotatable bonds is 8. The molecular formula is C14H16N2O12S. The van der Waals surface area contributed by atoms with Crippen molar-refractivity contribution in [2.45, 2.75) is 12.5 Å². The zero-order chi connectivity index (χ0) is 21.9. The van der Waals surface area contributed by atoms with Gasteiger partial charge in [0.2, 0.25) is 12.5 Å². The minimum Gasteiger partial charge on any atom is -0.494 e. The van der Waals surface area contributed by atoms with E-state index in [2.05, 4.69) is 9.47 Å². The van der Waals surface area contributed by atoms with E-state index in [0.29, 0.717) is 9.13 Å². The Balaban J connectivity index is 2.35. The second-order valence-electron chi connectivity index (χ2n) is 5.59. The molecule has 0 saturated heterocycles. The summed E-state index contributed by atoms with van der Waals surface area (Å²) in [6.45, 7) is 0. The SMILES string of the molecule is O=C(O)OC(CS(=O)(=O)CC(OC(=O)O)n1c(O)ccc1O)n1c(O)ccc1O. The number of nitrogens with zero attached hydrogens (tertiary/aromatic N) is 2. The van der Waals surface area contributed by atoms with Gasteiger partial charge in [0.1, 0.15) is 11.5 Å². The number of aromatic nitrogens is 2. The van der Waals surface area contributed by atoms with Gasteiger partial charge in [0.15, 0.2) is 33.4 Å². The first-order valence-electron chi connectivity index (χ1n) is 7.59. The van der Waals surface area contributed by atoms with E-state index in [0.717, 1.165) is 24.3 Å². The molecule has 2 unspecified atom stereocenters. The Morgan fingerprint density at radius 3 is 1.28 bits per heavy atom. The number of carbonyl (C=O) groups is 2. The van der Waals surface area contributed by atoms with Gasteiger partial charge in [0, 0.05) is 24.3 Å². The summed E-state index contributed by atoms with van der Waals surface area (Å²) in [5.41, 5.74) is 0. The van der Waals surface area contributed by atoms with Gasteiger partial charge in [-0.2, -0.15) is 0 Å². The Morgan fingerprint density at radius 2 is 1.03 bits per heavy atom. The molecule has 2 rings (SSSR count). The number of hydrogen-bond donors (Lipinski definition) is 6. The highest BCUT2D eigenvalue weighted by Crippen LogP contribution is 2.31. The molecule has 0 aliphatic rings. The van der Waals surface area contributed by atoms with Crippen LogP contribution in [-0.2, 0) is 19.3 Å². The summed E-state index contributed by atoms with van der Waals surface area (Å²) < 4.78 is 34.9. The molecule has 0 radical (unpaired) electrons. The van der Waals surface area contributed by atoms with Crippen LogP contribution in [0.2, 0.25) is 0 Å². The van der Waals surface area contributed by atoms with Crippen molar-refractivity contribution < 1.29 is 58.1 Å². The van der Waals surface area contributed by atoms with E-state index >= 15 is 0 Å². The molecule has 0 aliphatic heterocycles. The molecule has 2 aromatic rings. The Hall–Kier alpha value is -3.75. The van der Waals surface area contributed by atoms with Crippen LogP contribution >= 0.6 is 0 Å². The summed E-state index contributed by atoms with van der Waals surface area (Å²) >= 11 is 0. The van der Waals surface area contributed by atoms with Gasteiger partial charge >= 0.3 is 12.3 Å². The van der Waals surface area contributed by atoms with E-state index < -0.39 is 69.6 Å². The van der Waals surface area contributed by atoms with Gasteiger partial charge in [-0.05, 0) is 0 Å². The number of hydrogen-bond acceptors (Lipinski definition) is 10. The number of aromatic hydroxyl groups is 4. The van der Waals surface area contributed by atoms with Crippen molar-refractivity contribution in [1.82, 2.24) is 9.13 Å². The molecule has 29 heavy (non-hydrogen) atoms. The van der Waals surface area contributed by atoms with Crippen molar-refractivity contribution >= 4 is 22.1 Å². The van der Waals surface area contributed by atoms with Crippen LogP contribution in [0.25, 0.3) is 0 Å². The largest absolute Gasteiger partial charge is 0.507 e. The quantitative estimate of drug-likeness (QED) is 0.314. The van der Waals surface area contributed by atoms with Crippen LogP contribution in [0, 0.1) is 0 Å². The summed E-state index contributed by atoms with van der Waals surface area (Å²) in [4.78, 5) is 21.8. The topological polar surface area (TPSA) is 218 Å². The number of ether oxygens (including phenoxy) is 2. The summed E-state index contributed by atoms with van der Waals surface area (Å²) in [5.74, 6) is -5.13. The molecule has 2 heterocycles. The fourth-order valence-corrected chi connectivity index (χ4v) is 3.94. The van der Waals surface area contributed by atoms with Gasteiger partial charge in [-0.3, -0.25) is 0 Å². The molecule has 0 spiro atoms. The lowest BCUT2D eigenvalue weighted by Gasteiger charge is -2.22. The lowest BCUT2D eigenvalue weighted by atomic mass is 10.6. The van der Waals surface area contributed by atoms with Gasteiger partial charge in [-0.1, -0.05) is 0 Å². The number of sulfone groups is 1. The predicted octanol–water partition coefficient (Wildman–Crippen LogP) is 0.613. The van der Waals surface area contributed by atoms with Crippen molar-refractivity contribution in [1.29, 1.82) is 0 Å². The zero-order valence-corrected chi connectivity index (χ0v) is 15.1. The molecule has 0 bridgehead atoms. The smallest absolute Gasteiger partial charge is 0.494 e. The maximum atomic E-state index is 12.6. The Morgan fingerprint density at radius 1 is 0.759 bits per heavy atom. The van der Waals surface area contributed by atoms with Crippen LogP contribution in [0.1, 0.15) is 12.5 Å². The standard InChI is InChI=1S/C14H16N2O12S/c17-7-1-2-8(18)15(7)11(27-13(21)22)5-29(25,26)6-12(28-14(23)24)16-9(19)3-4-10(16)20/h1-4,11-12,17-20H,5-6H2,(H,21,22)(H,23,24). The monoisotopic (exact) mass is 436 g/mol. The first-order chi connectivity index (χ1) is 13.4. The lowest BCUT2D eigenvalue weighted by molar-refractivity contribution is 0.0214. The predicted molar refractivity (Wildman–Crippen MR) is 90.5 cm³/mol. The summed E-state index contributed by atoms with van der Waals surface area (Å²) in [5, 5.41) is 56.4. The second kappa shape index (κ2) is 8.09. The Kier molecular flexibility index (Phi) is 6.01. The van der Waals surface area contributed by atoms with Crippen molar-refractivity contribution in [3.8, 4) is 23.5 Å². The molecule has 0 fully saturated rings. The van der Waals surface area contributed by atoms with Crippen LogP contribution in [0.15, 0.2) is 24.3 Å². The van der Waals surface area contributed by atoms with Crippen LogP contribution in [0.5, 0.6) is 23.5 Å². The molecular weight excluding hydrogens is 420 g/mol. The summed E-state index contributed by atoms with van der Waals surface area (Å²) in [6, 6.07) is 3.80. The zero-order valence-electron chi connectivity index (χ0n) is 14.3. The molecule has 0 aromatic carbocycles. The average Bonchev–Trinajstić information content (AvgIpc) is 3.06. The maximum Gasteiger partial charge on any atom is 0.507 e. The van der Waals surface area contributed by atoms with Gasteiger partial charge in [-0.15, -0.1) is 0 Å². The van der Waals surface area contributed by atoms with Gasteiger partial charge in [-0.25, -0.2) is 27.1 Å². The van der Waals surface area contributed by atoms with E-state index in [1.165, 1.54) is 0 Å². The molecule has 2 aromatic heterocycles. The van der Waals surface area contributed by atoms with Crippen LogP contribution < -0.4 is 0 Å². The van der Waals surface area contributed by atoms with E-state index in [9.17, 15) is 38.4 Å². The third-order valence-electron chi connectivity index (χ3n) is 3.59. The molecule has 6 N–H and O–H groups in total. The van der Waals surface area contributed by atoms with E-state index in [1.54, 1.807) is 0 Å². The lowest BCUT2D eigenvalue weighted by Crippen LogP contribution is -2.30. The molecule has 0 saturated carbocycles. The van der Waals surface area contributed by atoms with Crippen molar-refractivity contribution in [2.24, 2.45) is 0 Å². The first-order valence-corrected chi connectivity index (χ1v) is 9.41. The van der Waals surface area contributed by atoms with Gasteiger partial charge < -0.3 is 40.1 Å². The van der Waals surface area contributed by atoms with Crippen LogP contribution in [0.4, 0.5) is 9.59 Å². The van der Waals surface area contributed by atoms with Crippen molar-refractivity contribution in [3.63, 3.8) is 0 Å². The molecule has 0 amide bonds. The molecule has 2 atom stereocenters. The highest BCUT2D eigenvalue weighted by atomic mass is 32.2. The molecule has 15 heteroatoms. The summed E-state index contributed by atoms with van der Waals surface area (Å²) in [6.07, 6.45) is -7.72. The van der Waals surface area contributed by atoms with Crippen LogP contribution in [0.3, 0.4) is 0 Å². The average molecular weight is 436 g/mol. The van der Waals surface area contributed by atoms with E-state index in [-0.39, 0.29) is 0 Å². The molecule has 14 nitrogen and oxygen atoms in total. The summed E-state index contributed by atoms with van der Waals surface area (Å²) in [7, 11) is -4.45. The first kappa shape index (κ1) is 21.5. The Bertz CT molecular complexity index is 895.